The van der Waals surface area contributed by atoms with Crippen LogP contribution in [0.25, 0.3) is 0 Å². The van der Waals surface area contributed by atoms with Crippen LogP contribution in [0.15, 0.2) is 24.4 Å². The number of benzene rings is 1. The Labute approximate surface area is 186 Å². The summed E-state index contributed by atoms with van der Waals surface area (Å²) in [5.74, 6) is -3.35. The van der Waals surface area contributed by atoms with Crippen molar-refractivity contribution < 1.29 is 19.8 Å². The summed E-state index contributed by atoms with van der Waals surface area (Å²) in [6.45, 7) is 4.33. The zero-order valence-electron chi connectivity index (χ0n) is 18.0. The standard InChI is InChI=1S/C22H28F2N6O2.H2/c1-29-9-11-30(12-10-29)15-7-5-14(6-8-15)26-22(32)20-18(13-25-28-20)27-21(31)19-16(23)3-2-4-17(19)24;/h2-4,13-15H,5-12H2,1H3,(H,25,28)(H,26,32)(H,27,31);1H. The second-order valence-corrected chi connectivity index (χ2v) is 8.53. The molecule has 2 amide bonds. The number of amides is 2. The minimum Gasteiger partial charge on any atom is -0.348 e. The lowest BCUT2D eigenvalue weighted by atomic mass is 9.89. The van der Waals surface area contributed by atoms with Gasteiger partial charge in [0.2, 0.25) is 0 Å². The molecule has 3 N–H and O–H groups in total. The number of hydrogen-bond donors (Lipinski definition) is 3. The van der Waals surface area contributed by atoms with Crippen molar-refractivity contribution in [3.05, 3.63) is 47.3 Å². The van der Waals surface area contributed by atoms with Crippen LogP contribution in [0.3, 0.4) is 0 Å². The van der Waals surface area contributed by atoms with E-state index < -0.39 is 29.0 Å². The molecule has 8 nitrogen and oxygen atoms in total. The van der Waals surface area contributed by atoms with Gasteiger partial charge in [-0.3, -0.25) is 19.6 Å². The largest absolute Gasteiger partial charge is 0.348 e. The van der Waals surface area contributed by atoms with Gasteiger partial charge in [0.25, 0.3) is 11.8 Å². The van der Waals surface area contributed by atoms with Crippen LogP contribution in [-0.2, 0) is 0 Å². The molecule has 1 aliphatic carbocycles. The van der Waals surface area contributed by atoms with Crippen LogP contribution in [0.1, 0.15) is 48.0 Å². The third kappa shape index (κ3) is 4.97. The molecular weight excluding hydrogens is 418 g/mol. The van der Waals surface area contributed by atoms with Crippen LogP contribution < -0.4 is 10.6 Å². The van der Waals surface area contributed by atoms with Crippen LogP contribution in [0.2, 0.25) is 0 Å². The summed E-state index contributed by atoms with van der Waals surface area (Å²) < 4.78 is 27.7. The zero-order chi connectivity index (χ0) is 22.7. The number of anilines is 1. The maximum absolute atomic E-state index is 13.9. The van der Waals surface area contributed by atoms with E-state index in [2.05, 4.69) is 37.7 Å². The van der Waals surface area contributed by atoms with Gasteiger partial charge >= 0.3 is 0 Å². The lowest BCUT2D eigenvalue weighted by Crippen LogP contribution is -2.51. The molecule has 32 heavy (non-hydrogen) atoms. The normalized spacial score (nSPS) is 22.5. The fraction of sp³-hybridized carbons (Fsp3) is 0.500. The predicted molar refractivity (Wildman–Crippen MR) is 118 cm³/mol. The van der Waals surface area contributed by atoms with Gasteiger partial charge in [0, 0.05) is 39.7 Å². The van der Waals surface area contributed by atoms with Crippen molar-refractivity contribution in [2.75, 3.05) is 38.5 Å². The SMILES string of the molecule is CN1CCN(C2CCC(NC(=O)c3[nH]ncc3NC(=O)c3c(F)cccc3F)CC2)CC1.[HH]. The summed E-state index contributed by atoms with van der Waals surface area (Å²) in [7, 11) is 2.14. The molecule has 2 heterocycles. The minimum absolute atomic E-state index is 0. The molecule has 1 saturated heterocycles. The molecule has 0 atom stereocenters. The quantitative estimate of drug-likeness (QED) is 0.654. The Kier molecular flexibility index (Phi) is 6.80. The third-order valence-electron chi connectivity index (χ3n) is 6.39. The first-order chi connectivity index (χ1) is 15.4. The third-order valence-corrected chi connectivity index (χ3v) is 6.39. The molecule has 1 aromatic carbocycles. The molecule has 2 aliphatic rings. The van der Waals surface area contributed by atoms with Gasteiger partial charge < -0.3 is 15.5 Å². The molecule has 10 heteroatoms. The second-order valence-electron chi connectivity index (χ2n) is 8.53. The van der Waals surface area contributed by atoms with Gasteiger partial charge in [-0.1, -0.05) is 6.07 Å². The highest BCUT2D eigenvalue weighted by atomic mass is 19.1. The Morgan fingerprint density at radius 2 is 1.72 bits per heavy atom. The van der Waals surface area contributed by atoms with E-state index in [0.717, 1.165) is 64.0 Å². The van der Waals surface area contributed by atoms with E-state index in [1.165, 1.54) is 12.3 Å². The Bertz CT molecular complexity index is 951. The van der Waals surface area contributed by atoms with Crippen molar-refractivity contribution in [2.45, 2.75) is 37.8 Å². The van der Waals surface area contributed by atoms with Crippen LogP contribution in [-0.4, -0.2) is 77.1 Å². The number of nitrogens with zero attached hydrogens (tertiary/aromatic N) is 3. The molecule has 4 rings (SSSR count). The van der Waals surface area contributed by atoms with Crippen LogP contribution in [0.4, 0.5) is 14.5 Å². The topological polar surface area (TPSA) is 93.4 Å². The first kappa shape index (κ1) is 22.3. The van der Waals surface area contributed by atoms with Crippen molar-refractivity contribution in [3.63, 3.8) is 0 Å². The second kappa shape index (κ2) is 9.74. The average Bonchev–Trinajstić information content (AvgIpc) is 3.23. The summed E-state index contributed by atoms with van der Waals surface area (Å²) >= 11 is 0. The Balaban J connectivity index is 0.00000306. The van der Waals surface area contributed by atoms with E-state index in [0.29, 0.717) is 6.04 Å². The molecule has 1 aliphatic heterocycles. The molecule has 0 spiro atoms. The monoisotopic (exact) mass is 448 g/mol. The van der Waals surface area contributed by atoms with E-state index in [9.17, 15) is 18.4 Å². The van der Waals surface area contributed by atoms with E-state index in [1.54, 1.807) is 0 Å². The number of piperazine rings is 1. The van der Waals surface area contributed by atoms with Gasteiger partial charge in [-0.25, -0.2) is 8.78 Å². The van der Waals surface area contributed by atoms with E-state index >= 15 is 0 Å². The van der Waals surface area contributed by atoms with Crippen molar-refractivity contribution in [1.29, 1.82) is 0 Å². The van der Waals surface area contributed by atoms with Crippen LogP contribution in [0, 0.1) is 11.6 Å². The molecule has 0 unspecified atom stereocenters. The number of carbonyl (C=O) groups is 2. The van der Waals surface area contributed by atoms with Gasteiger partial charge in [0.1, 0.15) is 22.9 Å². The number of aromatic nitrogens is 2. The number of aromatic amines is 1. The van der Waals surface area contributed by atoms with E-state index in [4.69, 9.17) is 0 Å². The summed E-state index contributed by atoms with van der Waals surface area (Å²) in [6, 6.07) is 3.76. The van der Waals surface area contributed by atoms with Gasteiger partial charge in [-0.15, -0.1) is 0 Å². The maximum Gasteiger partial charge on any atom is 0.271 e. The highest BCUT2D eigenvalue weighted by Gasteiger charge is 2.29. The van der Waals surface area contributed by atoms with Crippen LogP contribution >= 0.6 is 0 Å². The Morgan fingerprint density at radius 1 is 1.06 bits per heavy atom. The van der Waals surface area contributed by atoms with Crippen molar-refractivity contribution in [3.8, 4) is 0 Å². The van der Waals surface area contributed by atoms with E-state index in [1.807, 2.05) is 0 Å². The van der Waals surface area contributed by atoms with Crippen molar-refractivity contribution in [2.24, 2.45) is 0 Å². The maximum atomic E-state index is 13.9. The number of H-pyrrole nitrogens is 1. The van der Waals surface area contributed by atoms with Gasteiger partial charge in [-0.2, -0.15) is 5.10 Å². The number of nitrogens with one attached hydrogen (secondary N) is 3. The predicted octanol–water partition coefficient (Wildman–Crippen LogP) is 2.47. The zero-order valence-corrected chi connectivity index (χ0v) is 18.0. The smallest absolute Gasteiger partial charge is 0.271 e. The average molecular weight is 449 g/mol. The fourth-order valence-electron chi connectivity index (χ4n) is 4.48. The summed E-state index contributed by atoms with van der Waals surface area (Å²) in [4.78, 5) is 30.0. The highest BCUT2D eigenvalue weighted by Crippen LogP contribution is 2.25. The molecule has 2 aromatic rings. The minimum atomic E-state index is -0.983. The Hall–Kier alpha value is -2.85. The number of halogens is 2. The fourth-order valence-corrected chi connectivity index (χ4v) is 4.48. The molecule has 0 radical (unpaired) electrons. The number of rotatable bonds is 5. The highest BCUT2D eigenvalue weighted by molar-refractivity contribution is 6.08. The first-order valence-electron chi connectivity index (χ1n) is 10.9. The van der Waals surface area contributed by atoms with Gasteiger partial charge in [-0.05, 0) is 44.9 Å². The Morgan fingerprint density at radius 3 is 2.38 bits per heavy atom. The molecule has 0 bridgehead atoms. The summed E-state index contributed by atoms with van der Waals surface area (Å²) in [6.07, 6.45) is 5.04. The molecule has 2 fully saturated rings. The summed E-state index contributed by atoms with van der Waals surface area (Å²) in [5, 5.41) is 11.7. The number of carbonyl (C=O) groups excluding carboxylic acids is 2. The lowest BCUT2D eigenvalue weighted by molar-refractivity contribution is 0.0789. The molecular formula is C22H30F2N6O2. The first-order valence-corrected chi connectivity index (χ1v) is 10.9. The van der Waals surface area contributed by atoms with E-state index in [-0.39, 0.29) is 18.8 Å². The number of hydrogen-bond acceptors (Lipinski definition) is 5. The molecule has 1 saturated carbocycles. The van der Waals surface area contributed by atoms with Crippen LogP contribution in [0.5, 0.6) is 0 Å². The van der Waals surface area contributed by atoms with Gasteiger partial charge in [0.05, 0.1) is 11.9 Å². The van der Waals surface area contributed by atoms with Crippen molar-refractivity contribution >= 4 is 17.5 Å². The van der Waals surface area contributed by atoms with Gasteiger partial charge in [0.15, 0.2) is 0 Å². The van der Waals surface area contributed by atoms with Crippen molar-refractivity contribution in [1.82, 2.24) is 25.3 Å². The summed E-state index contributed by atoms with van der Waals surface area (Å²) in [5.41, 5.74) is -0.583. The molecule has 174 valence electrons. The molecule has 1 aromatic heterocycles. The number of likely N-dealkylation sites (N-methyl/N-ethyl adjacent to an activating group) is 1. The lowest BCUT2D eigenvalue weighted by Gasteiger charge is -2.41.